The molecule has 0 radical (unpaired) electrons. The normalized spacial score (nSPS) is 12.0. The van der Waals surface area contributed by atoms with Gasteiger partial charge in [0.2, 0.25) is 5.89 Å². The van der Waals surface area contributed by atoms with E-state index in [0.29, 0.717) is 22.2 Å². The van der Waals surface area contributed by atoms with Crippen molar-refractivity contribution in [3.05, 3.63) is 81.9 Å². The van der Waals surface area contributed by atoms with E-state index in [-0.39, 0.29) is 5.89 Å². The molecule has 0 atom stereocenters. The smallest absolute Gasteiger partial charge is 0.350 e. The van der Waals surface area contributed by atoms with Gasteiger partial charge in [-0.3, -0.25) is 0 Å². The Morgan fingerprint density at radius 2 is 2.00 bits per heavy atom. The summed E-state index contributed by atoms with van der Waals surface area (Å²) in [6, 6.07) is 12.8. The third kappa shape index (κ3) is 2.55. The van der Waals surface area contributed by atoms with Crippen molar-refractivity contribution in [2.45, 2.75) is 0 Å². The molecule has 0 amide bonds. The molecule has 0 spiro atoms. The molecule has 0 N–H and O–H groups in total. The monoisotopic (exact) mass is 305 g/mol. The molecule has 3 rings (SSSR count). The van der Waals surface area contributed by atoms with Crippen molar-refractivity contribution in [1.29, 1.82) is 0 Å². The molecule has 1 heterocycles. The molecule has 0 unspecified atom stereocenters. The summed E-state index contributed by atoms with van der Waals surface area (Å²) in [4.78, 5) is 16.8. The second-order valence-electron chi connectivity index (χ2n) is 4.94. The summed E-state index contributed by atoms with van der Waals surface area (Å²) >= 11 is 0. The fourth-order valence-electron chi connectivity index (χ4n) is 2.47. The lowest BCUT2D eigenvalue weighted by atomic mass is 10.1. The fourth-order valence-corrected chi connectivity index (χ4v) is 2.47. The summed E-state index contributed by atoms with van der Waals surface area (Å²) in [5, 5.41) is 1.95. The molecule has 0 bridgehead atoms. The van der Waals surface area contributed by atoms with Gasteiger partial charge >= 0.3 is 5.63 Å². The van der Waals surface area contributed by atoms with Crippen LogP contribution < -0.4 is 20.8 Å². The van der Waals surface area contributed by atoms with Crippen molar-refractivity contribution >= 4 is 23.1 Å². The highest BCUT2D eigenvalue weighted by atomic mass is 16.5. The molecule has 0 aliphatic carbocycles. The summed E-state index contributed by atoms with van der Waals surface area (Å²) in [5.74, 6) is 0.648. The van der Waals surface area contributed by atoms with Crippen LogP contribution in [0.2, 0.25) is 0 Å². The van der Waals surface area contributed by atoms with Gasteiger partial charge < -0.3 is 9.15 Å². The van der Waals surface area contributed by atoms with E-state index in [1.807, 2.05) is 24.3 Å². The second-order valence-corrected chi connectivity index (χ2v) is 4.94. The number of allylic oxidation sites excluding steroid dienone is 1. The third-order valence-corrected chi connectivity index (χ3v) is 3.58. The van der Waals surface area contributed by atoms with Gasteiger partial charge in [-0.05, 0) is 22.6 Å². The van der Waals surface area contributed by atoms with Gasteiger partial charge in [0.25, 0.3) is 0 Å². The Labute approximate surface area is 132 Å². The molecule has 0 aliphatic rings. The zero-order valence-corrected chi connectivity index (χ0v) is 12.7. The minimum Gasteiger partial charge on any atom is -0.496 e. The van der Waals surface area contributed by atoms with Crippen LogP contribution in [0.5, 0.6) is 5.75 Å². The van der Waals surface area contributed by atoms with Crippen LogP contribution in [0.3, 0.4) is 0 Å². The molecule has 0 saturated heterocycles. The molecule has 4 heteroatoms. The first-order chi connectivity index (χ1) is 11.2. The van der Waals surface area contributed by atoms with Gasteiger partial charge in [-0.2, -0.15) is 0 Å². The van der Waals surface area contributed by atoms with Crippen LogP contribution in [0.4, 0.5) is 0 Å². The van der Waals surface area contributed by atoms with Crippen LogP contribution >= 0.6 is 0 Å². The summed E-state index contributed by atoms with van der Waals surface area (Å²) in [5.41, 5.74) is 0.636. The molecule has 1 aromatic heterocycles. The predicted octanol–water partition coefficient (Wildman–Crippen LogP) is 1.99. The predicted molar refractivity (Wildman–Crippen MR) is 90.8 cm³/mol. The maximum atomic E-state index is 12.4. The topological polar surface area (TPSA) is 52.3 Å². The molecule has 0 aliphatic heterocycles. The van der Waals surface area contributed by atoms with Crippen LogP contribution in [-0.2, 0) is 0 Å². The molecular weight excluding hydrogens is 290 g/mol. The van der Waals surface area contributed by atoms with Crippen molar-refractivity contribution in [2.75, 3.05) is 7.11 Å². The molecule has 114 valence electrons. The Hall–Kier alpha value is -3.14. The van der Waals surface area contributed by atoms with E-state index in [9.17, 15) is 4.79 Å². The Kier molecular flexibility index (Phi) is 3.81. The lowest BCUT2D eigenvalue weighted by Crippen LogP contribution is -2.25. The lowest BCUT2D eigenvalue weighted by molar-refractivity contribution is 0.415. The van der Waals surface area contributed by atoms with Crippen molar-refractivity contribution in [2.24, 2.45) is 0 Å². The number of rotatable bonds is 3. The number of methoxy groups -OCH3 is 1. The van der Waals surface area contributed by atoms with E-state index in [0.717, 1.165) is 10.4 Å². The van der Waals surface area contributed by atoms with Crippen LogP contribution in [0.15, 0.2) is 64.3 Å². The van der Waals surface area contributed by atoms with Crippen LogP contribution in [0.25, 0.3) is 23.1 Å². The fraction of sp³-hybridized carbons (Fsp3) is 0.0526. The first-order valence-electron chi connectivity index (χ1n) is 7.04. The summed E-state index contributed by atoms with van der Waals surface area (Å²) in [6.07, 6.45) is 1.61. The van der Waals surface area contributed by atoms with Crippen molar-refractivity contribution in [3.8, 4) is 5.75 Å². The Morgan fingerprint density at radius 3 is 2.70 bits per heavy atom. The van der Waals surface area contributed by atoms with E-state index < -0.39 is 5.63 Å². The molecule has 3 aromatic rings. The molecule has 0 fully saturated rings. The van der Waals surface area contributed by atoms with E-state index in [1.165, 1.54) is 7.11 Å². The molecule has 2 aromatic carbocycles. The highest BCUT2D eigenvalue weighted by Crippen LogP contribution is 2.22. The zero-order valence-electron chi connectivity index (χ0n) is 12.7. The van der Waals surface area contributed by atoms with Gasteiger partial charge in [0.05, 0.1) is 12.6 Å². The second kappa shape index (κ2) is 5.93. The van der Waals surface area contributed by atoms with Crippen molar-refractivity contribution in [1.82, 2.24) is 4.98 Å². The van der Waals surface area contributed by atoms with E-state index in [2.05, 4.69) is 18.1 Å². The number of aromatic nitrogens is 1. The standard InChI is InChI=1S/C19H15NO3/c1-4-13(14-9-6-5-8-12(14)2)18-20-15-10-7-11-16(22-3)17(15)19(21)23-18/h4-11H,1-2H2,3H3/b14-13+. The lowest BCUT2D eigenvalue weighted by Gasteiger charge is -2.06. The minimum atomic E-state index is -0.497. The first kappa shape index (κ1) is 14.8. The van der Waals surface area contributed by atoms with E-state index in [4.69, 9.17) is 9.15 Å². The summed E-state index contributed by atoms with van der Waals surface area (Å²) in [6.45, 7) is 7.80. The highest BCUT2D eigenvalue weighted by molar-refractivity contribution is 5.85. The molecule has 23 heavy (non-hydrogen) atoms. The van der Waals surface area contributed by atoms with Gasteiger partial charge in [0.1, 0.15) is 11.1 Å². The van der Waals surface area contributed by atoms with E-state index in [1.54, 1.807) is 24.3 Å². The van der Waals surface area contributed by atoms with Crippen molar-refractivity contribution in [3.63, 3.8) is 0 Å². The van der Waals surface area contributed by atoms with Gasteiger partial charge in [0.15, 0.2) is 0 Å². The van der Waals surface area contributed by atoms with E-state index >= 15 is 0 Å². The Balaban J connectivity index is 2.40. The minimum absolute atomic E-state index is 0.210. The maximum absolute atomic E-state index is 12.4. The first-order valence-corrected chi connectivity index (χ1v) is 7.04. The highest BCUT2D eigenvalue weighted by Gasteiger charge is 2.13. The largest absolute Gasteiger partial charge is 0.496 e. The average molecular weight is 305 g/mol. The maximum Gasteiger partial charge on any atom is 0.350 e. The number of ether oxygens (including phenoxy) is 1. The van der Waals surface area contributed by atoms with Crippen LogP contribution in [0, 0.1) is 0 Å². The van der Waals surface area contributed by atoms with Gasteiger partial charge in [-0.1, -0.05) is 49.6 Å². The third-order valence-electron chi connectivity index (χ3n) is 3.58. The quantitative estimate of drug-likeness (QED) is 0.742. The number of fused-ring (bicyclic) bond motifs is 1. The Morgan fingerprint density at radius 1 is 1.22 bits per heavy atom. The molecular formula is C19H15NO3. The van der Waals surface area contributed by atoms with Gasteiger partial charge in [-0.15, -0.1) is 0 Å². The SMILES string of the molecule is C=C/C(c1nc2cccc(OC)c2c(=O)o1)=c1/ccccc1=C. The molecule has 0 saturated carbocycles. The summed E-state index contributed by atoms with van der Waals surface area (Å²) in [7, 11) is 1.50. The van der Waals surface area contributed by atoms with Gasteiger partial charge in [0, 0.05) is 5.57 Å². The van der Waals surface area contributed by atoms with Crippen molar-refractivity contribution < 1.29 is 9.15 Å². The average Bonchev–Trinajstić information content (AvgIpc) is 2.56. The zero-order chi connectivity index (χ0) is 16.4. The number of nitrogens with zero attached hydrogens (tertiary/aromatic N) is 1. The van der Waals surface area contributed by atoms with Crippen LogP contribution in [-0.4, -0.2) is 12.1 Å². The number of benzene rings is 2. The Bertz CT molecular complexity index is 1060. The van der Waals surface area contributed by atoms with Gasteiger partial charge in [-0.25, -0.2) is 9.78 Å². The number of hydrogen-bond donors (Lipinski definition) is 0. The van der Waals surface area contributed by atoms with Crippen LogP contribution in [0.1, 0.15) is 5.89 Å². The summed E-state index contributed by atoms with van der Waals surface area (Å²) < 4.78 is 10.6. The number of hydrogen-bond acceptors (Lipinski definition) is 4. The molecule has 4 nitrogen and oxygen atoms in total.